The molecule has 1 aromatic carbocycles. The minimum Gasteiger partial charge on any atom is -0.497 e. The van der Waals surface area contributed by atoms with Crippen molar-refractivity contribution in [2.45, 2.75) is 37.5 Å². The van der Waals surface area contributed by atoms with E-state index in [1.807, 2.05) is 12.1 Å². The quantitative estimate of drug-likeness (QED) is 0.867. The molecular weight excluding hydrogens is 312 g/mol. The number of benzene rings is 1. The first-order chi connectivity index (χ1) is 10.7. The van der Waals surface area contributed by atoms with Gasteiger partial charge < -0.3 is 15.4 Å². The van der Waals surface area contributed by atoms with Crippen LogP contribution in [-0.4, -0.2) is 32.7 Å². The van der Waals surface area contributed by atoms with E-state index in [-0.39, 0.29) is 23.7 Å². The van der Waals surface area contributed by atoms with Crippen LogP contribution in [0.3, 0.4) is 0 Å². The number of rotatable bonds is 5. The maximum atomic E-state index is 13.0. The number of nitrogens with one attached hydrogen (secondary N) is 2. The second kappa shape index (κ2) is 8.02. The highest BCUT2D eigenvalue weighted by Crippen LogP contribution is 2.40. The number of carbonyl (C=O) groups excluding carboxylic acids is 1. The summed E-state index contributed by atoms with van der Waals surface area (Å²) in [7, 11) is 1.67. The Kier molecular flexibility index (Phi) is 6.31. The summed E-state index contributed by atoms with van der Waals surface area (Å²) in [5.74, 6) is 1.65. The minimum atomic E-state index is -0.346. The molecule has 0 bridgehead atoms. The van der Waals surface area contributed by atoms with Crippen molar-refractivity contribution in [2.75, 3.05) is 26.7 Å². The summed E-state index contributed by atoms with van der Waals surface area (Å²) in [6.07, 6.45) is 5.40. The van der Waals surface area contributed by atoms with E-state index >= 15 is 0 Å². The topological polar surface area (TPSA) is 50.4 Å². The molecule has 5 heteroatoms. The fraction of sp³-hybridized carbons (Fsp3) is 0.611. The fourth-order valence-corrected chi connectivity index (χ4v) is 3.61. The standard InChI is InChI=1S/C18H26N2O2.ClH/c1-22-16-7-5-15(6-8-16)18(9-3-2-4-10-18)17(21)20-13-14-11-19-12-14;/h5-8,14,19H,2-4,9-13H2,1H3,(H,20,21);1H. The molecule has 1 heterocycles. The van der Waals surface area contributed by atoms with Crippen molar-refractivity contribution in [1.29, 1.82) is 0 Å². The van der Waals surface area contributed by atoms with Crippen molar-refractivity contribution in [2.24, 2.45) is 5.92 Å². The lowest BCUT2D eigenvalue weighted by Crippen LogP contribution is -2.52. The SMILES string of the molecule is COc1ccc(C2(C(=O)NCC3CNC3)CCCCC2)cc1.Cl. The minimum absolute atomic E-state index is 0. The molecule has 1 aliphatic heterocycles. The van der Waals surface area contributed by atoms with Crippen molar-refractivity contribution in [1.82, 2.24) is 10.6 Å². The molecule has 1 aliphatic carbocycles. The van der Waals surface area contributed by atoms with Gasteiger partial charge in [-0.3, -0.25) is 4.79 Å². The molecule has 128 valence electrons. The van der Waals surface area contributed by atoms with Crippen LogP contribution in [0.5, 0.6) is 5.75 Å². The zero-order valence-electron chi connectivity index (χ0n) is 13.8. The predicted molar refractivity (Wildman–Crippen MR) is 94.4 cm³/mol. The third-order valence-electron chi connectivity index (χ3n) is 5.20. The number of ether oxygens (including phenoxy) is 1. The Morgan fingerprint density at radius 2 is 1.87 bits per heavy atom. The van der Waals surface area contributed by atoms with Gasteiger partial charge in [0.05, 0.1) is 12.5 Å². The lowest BCUT2D eigenvalue weighted by molar-refractivity contribution is -0.128. The normalized spacial score (nSPS) is 20.0. The molecule has 0 spiro atoms. The maximum Gasteiger partial charge on any atom is 0.230 e. The van der Waals surface area contributed by atoms with Gasteiger partial charge in [0.2, 0.25) is 5.91 Å². The Morgan fingerprint density at radius 3 is 2.39 bits per heavy atom. The highest BCUT2D eigenvalue weighted by molar-refractivity contribution is 5.88. The predicted octanol–water partition coefficient (Wildman–Crippen LogP) is 2.65. The van der Waals surface area contributed by atoms with Crippen molar-refractivity contribution in [3.8, 4) is 5.75 Å². The Morgan fingerprint density at radius 1 is 1.22 bits per heavy atom. The van der Waals surface area contributed by atoms with Gasteiger partial charge in [-0.05, 0) is 30.5 Å². The molecule has 4 nitrogen and oxygen atoms in total. The monoisotopic (exact) mass is 338 g/mol. The number of carbonyl (C=O) groups is 1. The average Bonchev–Trinajstić information content (AvgIpc) is 2.54. The summed E-state index contributed by atoms with van der Waals surface area (Å²) in [5, 5.41) is 6.47. The van der Waals surface area contributed by atoms with Crippen LogP contribution in [0, 0.1) is 5.92 Å². The Labute approximate surface area is 144 Å². The van der Waals surface area contributed by atoms with Gasteiger partial charge in [0.1, 0.15) is 5.75 Å². The molecule has 0 aromatic heterocycles. The van der Waals surface area contributed by atoms with E-state index in [1.165, 1.54) is 6.42 Å². The molecule has 1 aromatic rings. The molecule has 0 unspecified atom stereocenters. The van der Waals surface area contributed by atoms with Gasteiger partial charge in [-0.1, -0.05) is 31.4 Å². The van der Waals surface area contributed by atoms with Gasteiger partial charge in [-0.15, -0.1) is 12.4 Å². The van der Waals surface area contributed by atoms with Crippen molar-refractivity contribution in [3.05, 3.63) is 29.8 Å². The first-order valence-electron chi connectivity index (χ1n) is 8.38. The van der Waals surface area contributed by atoms with E-state index in [0.717, 1.165) is 56.6 Å². The Balaban J connectivity index is 0.00000192. The molecule has 1 saturated heterocycles. The van der Waals surface area contributed by atoms with Crippen LogP contribution < -0.4 is 15.4 Å². The molecule has 2 fully saturated rings. The van der Waals surface area contributed by atoms with Crippen LogP contribution in [0.2, 0.25) is 0 Å². The third kappa shape index (κ3) is 3.81. The van der Waals surface area contributed by atoms with Gasteiger partial charge in [-0.25, -0.2) is 0 Å². The third-order valence-corrected chi connectivity index (χ3v) is 5.20. The number of hydrogen-bond donors (Lipinski definition) is 2. The summed E-state index contributed by atoms with van der Waals surface area (Å²) in [6.45, 7) is 2.84. The first kappa shape index (κ1) is 18.1. The molecule has 23 heavy (non-hydrogen) atoms. The van der Waals surface area contributed by atoms with Crippen LogP contribution >= 0.6 is 12.4 Å². The highest BCUT2D eigenvalue weighted by atomic mass is 35.5. The fourth-order valence-electron chi connectivity index (χ4n) is 3.61. The summed E-state index contributed by atoms with van der Waals surface area (Å²) >= 11 is 0. The van der Waals surface area contributed by atoms with E-state index in [4.69, 9.17) is 4.74 Å². The van der Waals surface area contributed by atoms with Crippen LogP contribution in [-0.2, 0) is 10.2 Å². The molecule has 2 aliphatic rings. The average molecular weight is 339 g/mol. The van der Waals surface area contributed by atoms with E-state index < -0.39 is 0 Å². The zero-order chi connectivity index (χ0) is 15.4. The molecule has 1 saturated carbocycles. The number of amides is 1. The molecular formula is C18H27ClN2O2. The van der Waals surface area contributed by atoms with Crippen molar-refractivity contribution < 1.29 is 9.53 Å². The Bertz CT molecular complexity index is 508. The smallest absolute Gasteiger partial charge is 0.230 e. The number of halogens is 1. The van der Waals surface area contributed by atoms with Crippen LogP contribution in [0.25, 0.3) is 0 Å². The van der Waals surface area contributed by atoms with E-state index in [0.29, 0.717) is 5.92 Å². The lowest BCUT2D eigenvalue weighted by atomic mass is 9.68. The van der Waals surface area contributed by atoms with Crippen molar-refractivity contribution in [3.63, 3.8) is 0 Å². The van der Waals surface area contributed by atoms with Crippen LogP contribution in [0.15, 0.2) is 24.3 Å². The van der Waals surface area contributed by atoms with Gasteiger partial charge in [-0.2, -0.15) is 0 Å². The lowest BCUT2D eigenvalue weighted by Gasteiger charge is -2.37. The molecule has 1 amide bonds. The maximum absolute atomic E-state index is 13.0. The highest BCUT2D eigenvalue weighted by Gasteiger charge is 2.41. The summed E-state index contributed by atoms with van der Waals surface area (Å²) in [4.78, 5) is 13.0. The summed E-state index contributed by atoms with van der Waals surface area (Å²) in [6, 6.07) is 8.06. The van der Waals surface area contributed by atoms with E-state index in [2.05, 4.69) is 22.8 Å². The molecule has 2 N–H and O–H groups in total. The molecule has 0 radical (unpaired) electrons. The molecule has 0 atom stereocenters. The first-order valence-corrected chi connectivity index (χ1v) is 8.38. The second-order valence-electron chi connectivity index (χ2n) is 6.61. The Hall–Kier alpha value is -1.26. The van der Waals surface area contributed by atoms with E-state index in [1.54, 1.807) is 7.11 Å². The summed E-state index contributed by atoms with van der Waals surface area (Å²) < 4.78 is 5.24. The van der Waals surface area contributed by atoms with Gasteiger partial charge in [0.15, 0.2) is 0 Å². The van der Waals surface area contributed by atoms with Gasteiger partial charge in [0.25, 0.3) is 0 Å². The van der Waals surface area contributed by atoms with E-state index in [9.17, 15) is 4.79 Å². The summed E-state index contributed by atoms with van der Waals surface area (Å²) in [5.41, 5.74) is 0.791. The molecule has 3 rings (SSSR count). The number of methoxy groups -OCH3 is 1. The van der Waals surface area contributed by atoms with Crippen LogP contribution in [0.1, 0.15) is 37.7 Å². The van der Waals surface area contributed by atoms with Crippen molar-refractivity contribution >= 4 is 18.3 Å². The van der Waals surface area contributed by atoms with Gasteiger partial charge >= 0.3 is 0 Å². The van der Waals surface area contributed by atoms with Crippen LogP contribution in [0.4, 0.5) is 0 Å². The second-order valence-corrected chi connectivity index (χ2v) is 6.61. The largest absolute Gasteiger partial charge is 0.497 e. The van der Waals surface area contributed by atoms with Gasteiger partial charge in [0, 0.05) is 25.6 Å². The number of hydrogen-bond acceptors (Lipinski definition) is 3. The zero-order valence-corrected chi connectivity index (χ0v) is 14.6.